The van der Waals surface area contributed by atoms with Crippen molar-refractivity contribution in [3.63, 3.8) is 0 Å². The summed E-state index contributed by atoms with van der Waals surface area (Å²) in [7, 11) is 0. The first kappa shape index (κ1) is 24.0. The van der Waals surface area contributed by atoms with Gasteiger partial charge in [0.15, 0.2) is 0 Å². The van der Waals surface area contributed by atoms with Crippen molar-refractivity contribution < 1.29 is 24.2 Å². The van der Waals surface area contributed by atoms with Gasteiger partial charge in [0.1, 0.15) is 5.00 Å². The van der Waals surface area contributed by atoms with Gasteiger partial charge in [0.2, 0.25) is 5.91 Å². The van der Waals surface area contributed by atoms with E-state index in [1.807, 2.05) is 13.8 Å². The van der Waals surface area contributed by atoms with Gasteiger partial charge in [-0.25, -0.2) is 4.79 Å². The van der Waals surface area contributed by atoms with Crippen LogP contribution in [0.15, 0.2) is 11.1 Å². The van der Waals surface area contributed by atoms with Crippen LogP contribution in [-0.2, 0) is 27.2 Å². The molecule has 33 heavy (non-hydrogen) atoms. The van der Waals surface area contributed by atoms with E-state index in [-0.39, 0.29) is 24.3 Å². The summed E-state index contributed by atoms with van der Waals surface area (Å²) in [6, 6.07) is 0. The molecule has 2 bridgehead atoms. The Kier molecular flexibility index (Phi) is 7.27. The molecular weight excluding hydrogens is 438 g/mol. The first-order valence-electron chi connectivity index (χ1n) is 12.4. The lowest BCUT2D eigenvalue weighted by molar-refractivity contribution is -0.148. The number of aryl methyl sites for hydroxylation is 1. The molecule has 3 aliphatic rings. The van der Waals surface area contributed by atoms with Gasteiger partial charge in [0.05, 0.1) is 24.0 Å². The van der Waals surface area contributed by atoms with Crippen LogP contribution in [0.3, 0.4) is 0 Å². The van der Waals surface area contributed by atoms with Crippen molar-refractivity contribution >= 4 is 34.2 Å². The van der Waals surface area contributed by atoms with E-state index < -0.39 is 23.8 Å². The normalized spacial score (nSPS) is 26.7. The summed E-state index contributed by atoms with van der Waals surface area (Å²) in [6.45, 7) is 6.08. The molecule has 7 heteroatoms. The molecule has 0 unspecified atom stereocenters. The lowest BCUT2D eigenvalue weighted by Gasteiger charge is -2.26. The highest BCUT2D eigenvalue weighted by atomic mass is 32.1. The molecular formula is C26H35NO5S. The summed E-state index contributed by atoms with van der Waals surface area (Å²) < 4.78 is 5.38. The van der Waals surface area contributed by atoms with Crippen molar-refractivity contribution in [2.24, 2.45) is 23.7 Å². The van der Waals surface area contributed by atoms with Crippen LogP contribution in [-0.4, -0.2) is 29.6 Å². The maximum absolute atomic E-state index is 13.6. The van der Waals surface area contributed by atoms with Crippen molar-refractivity contribution in [1.82, 2.24) is 0 Å². The van der Waals surface area contributed by atoms with E-state index >= 15 is 0 Å². The Morgan fingerprint density at radius 2 is 1.64 bits per heavy atom. The molecule has 1 aromatic heterocycles. The highest BCUT2D eigenvalue weighted by molar-refractivity contribution is 7.17. The van der Waals surface area contributed by atoms with Gasteiger partial charge in [-0.3, -0.25) is 9.59 Å². The maximum atomic E-state index is 13.6. The molecule has 6 nitrogen and oxygen atoms in total. The molecule has 0 saturated heterocycles. The number of fused-ring (bicyclic) bond motifs is 3. The molecule has 4 atom stereocenters. The van der Waals surface area contributed by atoms with E-state index in [0.717, 1.165) is 66.5 Å². The van der Waals surface area contributed by atoms with E-state index in [0.29, 0.717) is 10.6 Å². The van der Waals surface area contributed by atoms with E-state index in [2.05, 4.69) is 5.32 Å². The second-order valence-electron chi connectivity index (χ2n) is 9.82. The number of aliphatic carboxylic acids is 1. The fourth-order valence-corrected chi connectivity index (χ4v) is 7.68. The molecule has 1 aromatic rings. The number of anilines is 1. The third-order valence-corrected chi connectivity index (χ3v) is 8.85. The zero-order valence-corrected chi connectivity index (χ0v) is 20.7. The van der Waals surface area contributed by atoms with Gasteiger partial charge >= 0.3 is 11.9 Å². The van der Waals surface area contributed by atoms with Gasteiger partial charge < -0.3 is 15.2 Å². The predicted octanol–water partition coefficient (Wildman–Crippen LogP) is 5.61. The SMILES string of the molecule is CCOC(=O)c1c(NC(=O)[C@@H]2[C@@H](C(=O)O)[C@@H]3CC[C@H]2C3=C(C)C)sc2c1CCCCCCC2. The third-order valence-electron chi connectivity index (χ3n) is 7.64. The molecule has 0 radical (unpaired) electrons. The van der Waals surface area contributed by atoms with Crippen molar-refractivity contribution in [1.29, 1.82) is 0 Å². The van der Waals surface area contributed by atoms with E-state index in [1.54, 1.807) is 6.92 Å². The second-order valence-corrected chi connectivity index (χ2v) is 10.9. The molecule has 2 fully saturated rings. The Balaban J connectivity index is 1.68. The lowest BCUT2D eigenvalue weighted by atomic mass is 9.78. The zero-order chi connectivity index (χ0) is 23.7. The van der Waals surface area contributed by atoms with Crippen LogP contribution in [0, 0.1) is 23.7 Å². The lowest BCUT2D eigenvalue weighted by Crippen LogP contribution is -2.38. The average Bonchev–Trinajstić information content (AvgIpc) is 3.43. The first-order valence-corrected chi connectivity index (χ1v) is 13.2. The number of carboxylic acid groups (broad SMARTS) is 1. The van der Waals surface area contributed by atoms with Gasteiger partial charge in [0.25, 0.3) is 0 Å². The number of ether oxygens (including phenoxy) is 1. The third kappa shape index (κ3) is 4.48. The quantitative estimate of drug-likeness (QED) is 0.429. The van der Waals surface area contributed by atoms with Gasteiger partial charge in [-0.15, -0.1) is 11.3 Å². The van der Waals surface area contributed by atoms with E-state index in [9.17, 15) is 19.5 Å². The summed E-state index contributed by atoms with van der Waals surface area (Å²) in [6.07, 6.45) is 8.98. The van der Waals surface area contributed by atoms with Gasteiger partial charge in [0, 0.05) is 4.88 Å². The largest absolute Gasteiger partial charge is 0.481 e. The van der Waals surface area contributed by atoms with Crippen LogP contribution < -0.4 is 5.32 Å². The Morgan fingerprint density at radius 3 is 2.27 bits per heavy atom. The van der Waals surface area contributed by atoms with Crippen molar-refractivity contribution in [2.75, 3.05) is 11.9 Å². The highest BCUT2D eigenvalue weighted by Crippen LogP contribution is 2.57. The van der Waals surface area contributed by atoms with Crippen LogP contribution in [0.5, 0.6) is 0 Å². The molecule has 1 heterocycles. The number of nitrogens with one attached hydrogen (secondary N) is 1. The molecule has 2 N–H and O–H groups in total. The summed E-state index contributed by atoms with van der Waals surface area (Å²) in [5, 5.41) is 13.5. The second kappa shape index (κ2) is 10.00. The van der Waals surface area contributed by atoms with Crippen LogP contribution in [0.1, 0.15) is 86.5 Å². The van der Waals surface area contributed by atoms with Gasteiger partial charge in [-0.2, -0.15) is 0 Å². The minimum atomic E-state index is -0.901. The number of hydrogen-bond acceptors (Lipinski definition) is 5. The number of rotatable bonds is 5. The Labute approximate surface area is 199 Å². The zero-order valence-electron chi connectivity index (χ0n) is 19.9. The minimum absolute atomic E-state index is 0.0309. The topological polar surface area (TPSA) is 92.7 Å². The van der Waals surface area contributed by atoms with Crippen molar-refractivity contribution in [2.45, 2.75) is 78.6 Å². The number of thiophene rings is 1. The fraction of sp³-hybridized carbons (Fsp3) is 0.654. The molecule has 3 aliphatic carbocycles. The maximum Gasteiger partial charge on any atom is 0.341 e. The standard InChI is InChI=1S/C26H35NO5S/c1-4-32-26(31)22-15-10-8-6-5-7-9-11-18(15)33-24(22)27-23(28)20-16-12-13-17(19(16)14(2)3)21(20)25(29)30/h16-17,20-21H,4-13H2,1-3H3,(H,27,28)(H,29,30)/t16-,17+,20-,21-/m0/s1. The summed E-state index contributed by atoms with van der Waals surface area (Å²) in [4.78, 5) is 39.9. The number of allylic oxidation sites excluding steroid dienone is 2. The molecule has 0 aliphatic heterocycles. The molecule has 180 valence electrons. The predicted molar refractivity (Wildman–Crippen MR) is 129 cm³/mol. The summed E-state index contributed by atoms with van der Waals surface area (Å²) >= 11 is 1.48. The number of hydrogen-bond donors (Lipinski definition) is 2. The molecule has 1 amide bonds. The Bertz CT molecular complexity index is 974. The van der Waals surface area contributed by atoms with Gasteiger partial charge in [-0.1, -0.05) is 30.4 Å². The Morgan fingerprint density at radius 1 is 1.00 bits per heavy atom. The fourth-order valence-electron chi connectivity index (χ4n) is 6.40. The molecule has 2 saturated carbocycles. The van der Waals surface area contributed by atoms with E-state index in [1.165, 1.54) is 24.2 Å². The first-order chi connectivity index (χ1) is 15.8. The van der Waals surface area contributed by atoms with Crippen molar-refractivity contribution in [3.8, 4) is 0 Å². The molecule has 0 spiro atoms. The van der Waals surface area contributed by atoms with Crippen LogP contribution in [0.2, 0.25) is 0 Å². The van der Waals surface area contributed by atoms with Crippen LogP contribution >= 0.6 is 11.3 Å². The van der Waals surface area contributed by atoms with E-state index in [4.69, 9.17) is 4.74 Å². The highest BCUT2D eigenvalue weighted by Gasteiger charge is 2.57. The van der Waals surface area contributed by atoms with Gasteiger partial charge in [-0.05, 0) is 76.7 Å². The number of carbonyl (C=O) groups is 3. The summed E-state index contributed by atoms with van der Waals surface area (Å²) in [5.41, 5.74) is 3.79. The smallest absolute Gasteiger partial charge is 0.341 e. The number of carboxylic acids is 1. The van der Waals surface area contributed by atoms with Crippen LogP contribution in [0.25, 0.3) is 0 Å². The van der Waals surface area contributed by atoms with Crippen LogP contribution in [0.4, 0.5) is 5.00 Å². The summed E-state index contributed by atoms with van der Waals surface area (Å²) in [5.74, 6) is -2.97. The average molecular weight is 474 g/mol. The number of amides is 1. The molecule has 0 aromatic carbocycles. The minimum Gasteiger partial charge on any atom is -0.481 e. The monoisotopic (exact) mass is 473 g/mol. The number of esters is 1. The number of carbonyl (C=O) groups excluding carboxylic acids is 2. The molecule has 4 rings (SSSR count). The van der Waals surface area contributed by atoms with Crippen molar-refractivity contribution in [3.05, 3.63) is 27.2 Å². The Hall–Kier alpha value is -2.15.